The van der Waals surface area contributed by atoms with Crippen molar-refractivity contribution in [1.29, 1.82) is 0 Å². The third kappa shape index (κ3) is 1.82. The Morgan fingerprint density at radius 1 is 1.56 bits per heavy atom. The summed E-state index contributed by atoms with van der Waals surface area (Å²) in [5.41, 5.74) is 1.27. The van der Waals surface area contributed by atoms with Crippen LogP contribution in [0.2, 0.25) is 0 Å². The minimum Gasteiger partial charge on any atom is -0.316 e. The molecule has 0 unspecified atom stereocenters. The van der Waals surface area contributed by atoms with Gasteiger partial charge in [-0.3, -0.25) is 4.98 Å². The number of aromatic nitrogens is 1. The zero-order valence-electron chi connectivity index (χ0n) is 5.46. The normalized spacial score (nSPS) is 9.44. The average Bonchev–Trinajstić information content (AvgIpc) is 1.91. The van der Waals surface area contributed by atoms with Gasteiger partial charge in [-0.1, -0.05) is 0 Å². The lowest BCUT2D eigenvalue weighted by atomic mass is 10.3. The van der Waals surface area contributed by atoms with Crippen LogP contribution in [0.25, 0.3) is 0 Å². The summed E-state index contributed by atoms with van der Waals surface area (Å²) in [4.78, 5) is 3.90. The van der Waals surface area contributed by atoms with Crippen molar-refractivity contribution in [3.63, 3.8) is 0 Å². The van der Waals surface area contributed by atoms with Crippen LogP contribution >= 0.6 is 0 Å². The van der Waals surface area contributed by atoms with E-state index in [2.05, 4.69) is 10.3 Å². The van der Waals surface area contributed by atoms with Crippen LogP contribution in [-0.2, 0) is 6.54 Å². The largest absolute Gasteiger partial charge is 0.316 e. The third-order valence-electron chi connectivity index (χ3n) is 1.13. The fraction of sp³-hybridized carbons (Fsp3) is 0.286. The quantitative estimate of drug-likeness (QED) is 0.637. The molecule has 1 aromatic heterocycles. The summed E-state index contributed by atoms with van der Waals surface area (Å²) in [5, 5.41) is 3.06. The molecule has 0 bridgehead atoms. The van der Waals surface area contributed by atoms with E-state index < -0.39 is 0 Å². The molecule has 1 aromatic rings. The Balaban J connectivity index is 0.000000810. The molecular formula is C7H12N2. The maximum Gasteiger partial charge on any atom is 0.0271 e. The molecule has 0 aliphatic rings. The third-order valence-corrected chi connectivity index (χ3v) is 1.13. The summed E-state index contributed by atoms with van der Waals surface area (Å²) in [6.07, 6.45) is 3.60. The predicted molar refractivity (Wildman–Crippen MR) is 39.1 cm³/mol. The number of rotatable bonds is 2. The number of nitrogens with one attached hydrogen (secondary N) is 1. The second-order valence-corrected chi connectivity index (χ2v) is 1.89. The van der Waals surface area contributed by atoms with Gasteiger partial charge in [-0.05, 0) is 24.7 Å². The highest BCUT2D eigenvalue weighted by molar-refractivity contribution is 5.08. The van der Waals surface area contributed by atoms with Crippen LogP contribution in [-0.4, -0.2) is 12.0 Å². The number of nitrogens with zero attached hydrogens (tertiary/aromatic N) is 1. The van der Waals surface area contributed by atoms with E-state index in [1.807, 2.05) is 19.2 Å². The molecule has 2 heteroatoms. The Kier molecular flexibility index (Phi) is 2.22. The van der Waals surface area contributed by atoms with E-state index in [0.29, 0.717) is 0 Å². The first-order chi connectivity index (χ1) is 4.43. The molecule has 50 valence electrons. The van der Waals surface area contributed by atoms with Gasteiger partial charge in [0, 0.05) is 20.4 Å². The van der Waals surface area contributed by atoms with Gasteiger partial charge in [-0.25, -0.2) is 0 Å². The van der Waals surface area contributed by atoms with E-state index >= 15 is 0 Å². The standard InChI is InChI=1S/C7H10N2.H2/c1-8-6-7-2-4-9-5-3-7;/h2-5,8H,6H2,1H3;1H. The highest BCUT2D eigenvalue weighted by atomic mass is 14.8. The Labute approximate surface area is 56.4 Å². The minimum absolute atomic E-state index is 0. The first kappa shape index (κ1) is 6.23. The summed E-state index contributed by atoms with van der Waals surface area (Å²) in [7, 11) is 1.93. The van der Waals surface area contributed by atoms with Gasteiger partial charge in [0.05, 0.1) is 0 Å². The lowest BCUT2D eigenvalue weighted by molar-refractivity contribution is 0.816. The van der Waals surface area contributed by atoms with Crippen LogP contribution in [0, 0.1) is 0 Å². The van der Waals surface area contributed by atoms with E-state index in [4.69, 9.17) is 0 Å². The van der Waals surface area contributed by atoms with Crippen molar-refractivity contribution in [1.82, 2.24) is 10.3 Å². The summed E-state index contributed by atoms with van der Waals surface area (Å²) in [6, 6.07) is 3.99. The lowest BCUT2D eigenvalue weighted by Gasteiger charge is -1.95. The Bertz CT molecular complexity index is 165. The van der Waals surface area contributed by atoms with Crippen molar-refractivity contribution in [2.24, 2.45) is 0 Å². The molecule has 0 saturated heterocycles. The van der Waals surface area contributed by atoms with Crippen LogP contribution < -0.4 is 5.32 Å². The average molecular weight is 124 g/mol. The SMILES string of the molecule is CNCc1ccncc1.[HH]. The van der Waals surface area contributed by atoms with Gasteiger partial charge in [-0.15, -0.1) is 0 Å². The molecule has 1 heterocycles. The zero-order valence-corrected chi connectivity index (χ0v) is 5.46. The molecule has 0 saturated carbocycles. The number of pyridine rings is 1. The molecule has 0 radical (unpaired) electrons. The second-order valence-electron chi connectivity index (χ2n) is 1.89. The molecule has 0 aliphatic heterocycles. The molecule has 0 fully saturated rings. The van der Waals surface area contributed by atoms with Crippen LogP contribution in [0.4, 0.5) is 0 Å². The van der Waals surface area contributed by atoms with Crippen molar-refractivity contribution in [2.45, 2.75) is 6.54 Å². The number of hydrogen-bond acceptors (Lipinski definition) is 2. The molecule has 0 amide bonds. The fourth-order valence-corrected chi connectivity index (χ4v) is 0.705. The van der Waals surface area contributed by atoms with Gasteiger partial charge < -0.3 is 5.32 Å². The van der Waals surface area contributed by atoms with E-state index in [9.17, 15) is 0 Å². The van der Waals surface area contributed by atoms with E-state index in [1.54, 1.807) is 12.4 Å². The molecule has 1 N–H and O–H groups in total. The summed E-state index contributed by atoms with van der Waals surface area (Å²) < 4.78 is 0. The topological polar surface area (TPSA) is 24.9 Å². The summed E-state index contributed by atoms with van der Waals surface area (Å²) in [6.45, 7) is 0.919. The van der Waals surface area contributed by atoms with Gasteiger partial charge in [-0.2, -0.15) is 0 Å². The molecule has 2 nitrogen and oxygen atoms in total. The Morgan fingerprint density at radius 3 is 2.78 bits per heavy atom. The van der Waals surface area contributed by atoms with Crippen LogP contribution in [0.5, 0.6) is 0 Å². The summed E-state index contributed by atoms with van der Waals surface area (Å²) >= 11 is 0. The highest BCUT2D eigenvalue weighted by Gasteiger charge is 1.84. The molecule has 0 aliphatic carbocycles. The summed E-state index contributed by atoms with van der Waals surface area (Å²) in [5.74, 6) is 0. The van der Waals surface area contributed by atoms with Crippen molar-refractivity contribution in [3.05, 3.63) is 30.1 Å². The Hall–Kier alpha value is -0.890. The highest BCUT2D eigenvalue weighted by Crippen LogP contribution is 1.92. The fourth-order valence-electron chi connectivity index (χ4n) is 0.705. The first-order valence-electron chi connectivity index (χ1n) is 2.97. The molecule has 9 heavy (non-hydrogen) atoms. The second kappa shape index (κ2) is 3.20. The van der Waals surface area contributed by atoms with Crippen LogP contribution in [0.3, 0.4) is 0 Å². The first-order valence-corrected chi connectivity index (χ1v) is 2.97. The van der Waals surface area contributed by atoms with Crippen molar-refractivity contribution in [2.75, 3.05) is 7.05 Å². The maximum absolute atomic E-state index is 3.90. The van der Waals surface area contributed by atoms with Gasteiger partial charge in [0.25, 0.3) is 0 Å². The predicted octanol–water partition coefficient (Wildman–Crippen LogP) is 1.05. The van der Waals surface area contributed by atoms with Crippen molar-refractivity contribution >= 4 is 0 Å². The monoisotopic (exact) mass is 124 g/mol. The lowest BCUT2D eigenvalue weighted by Crippen LogP contribution is -2.04. The molecule has 0 aromatic carbocycles. The van der Waals surface area contributed by atoms with E-state index in [0.717, 1.165) is 6.54 Å². The van der Waals surface area contributed by atoms with E-state index in [1.165, 1.54) is 5.56 Å². The minimum atomic E-state index is 0. The molecule has 1 rings (SSSR count). The van der Waals surface area contributed by atoms with Crippen LogP contribution in [0.15, 0.2) is 24.5 Å². The zero-order chi connectivity index (χ0) is 6.53. The van der Waals surface area contributed by atoms with Crippen LogP contribution in [0.1, 0.15) is 6.99 Å². The van der Waals surface area contributed by atoms with Gasteiger partial charge >= 0.3 is 0 Å². The molecule has 0 spiro atoms. The van der Waals surface area contributed by atoms with Gasteiger partial charge in [0.15, 0.2) is 0 Å². The van der Waals surface area contributed by atoms with E-state index in [-0.39, 0.29) is 1.43 Å². The molecule has 0 atom stereocenters. The van der Waals surface area contributed by atoms with Gasteiger partial charge in [0.2, 0.25) is 0 Å². The molecular weight excluding hydrogens is 112 g/mol. The van der Waals surface area contributed by atoms with Gasteiger partial charge in [0.1, 0.15) is 0 Å². The maximum atomic E-state index is 3.90. The van der Waals surface area contributed by atoms with Crippen molar-refractivity contribution < 1.29 is 1.43 Å². The number of hydrogen-bond donors (Lipinski definition) is 1. The van der Waals surface area contributed by atoms with Crippen molar-refractivity contribution in [3.8, 4) is 0 Å². The smallest absolute Gasteiger partial charge is 0.0271 e. The Morgan fingerprint density at radius 2 is 2.22 bits per heavy atom.